The Morgan fingerprint density at radius 1 is 0.525 bits per heavy atom. The molecule has 0 aliphatic rings. The Hall–Kier alpha value is -1.32. The normalized spacial score (nSPS) is 14.2. The van der Waals surface area contributed by atoms with E-state index in [-0.39, 0.29) is 25.6 Å². The van der Waals surface area contributed by atoms with Crippen LogP contribution in [0.25, 0.3) is 0 Å². The first-order valence-corrected chi connectivity index (χ1v) is 26.0. The molecule has 0 rings (SSSR count). The van der Waals surface area contributed by atoms with E-state index < -0.39 is 33.2 Å². The number of rotatable bonds is 47. The monoisotopic (exact) mass is 857 g/mol. The third kappa shape index (κ3) is 46.0. The molecule has 0 aliphatic carbocycles. The van der Waals surface area contributed by atoms with Crippen LogP contribution >= 0.6 is 7.82 Å². The van der Waals surface area contributed by atoms with Gasteiger partial charge in [-0.25, -0.2) is 4.57 Å². The van der Waals surface area contributed by atoms with Gasteiger partial charge in [-0.2, -0.15) is 0 Å². The van der Waals surface area contributed by atoms with Crippen LogP contribution in [0.3, 0.4) is 0 Å². The summed E-state index contributed by atoms with van der Waals surface area (Å²) in [7, 11) is -4.52. The quantitative estimate of drug-likeness (QED) is 0.0237. The van der Waals surface area contributed by atoms with Crippen molar-refractivity contribution in [1.29, 1.82) is 0 Å². The maximum absolute atomic E-state index is 12.7. The average Bonchev–Trinajstić information content (AvgIpc) is 3.23. The summed E-state index contributed by atoms with van der Waals surface area (Å²) in [6.45, 7) is 3.52. The van der Waals surface area contributed by atoms with Crippen molar-refractivity contribution in [3.63, 3.8) is 0 Å². The van der Waals surface area contributed by atoms with Gasteiger partial charge in [-0.15, -0.1) is 0 Å². The number of phosphoric ester groups is 1. The maximum Gasteiger partial charge on any atom is 0.472 e. The van der Waals surface area contributed by atoms with Crippen molar-refractivity contribution in [3.05, 3.63) is 36.5 Å². The molecule has 0 bridgehead atoms. The zero-order chi connectivity index (χ0) is 43.2. The van der Waals surface area contributed by atoms with Gasteiger partial charge < -0.3 is 24.6 Å². The van der Waals surface area contributed by atoms with Crippen molar-refractivity contribution >= 4 is 13.8 Å². The highest BCUT2D eigenvalue weighted by Crippen LogP contribution is 2.43. The molecule has 348 valence electrons. The number of hydrogen-bond donors (Lipinski definition) is 3. The second kappa shape index (κ2) is 46.2. The smallest absolute Gasteiger partial charge is 0.457 e. The van der Waals surface area contributed by atoms with E-state index in [9.17, 15) is 19.4 Å². The summed E-state index contributed by atoms with van der Waals surface area (Å²) in [4.78, 5) is 22.6. The number of ether oxygens (including phenoxy) is 2. The van der Waals surface area contributed by atoms with Gasteiger partial charge in [0, 0.05) is 13.0 Å². The van der Waals surface area contributed by atoms with Crippen molar-refractivity contribution in [2.75, 3.05) is 33.0 Å². The number of carbonyl (C=O) groups is 1. The Bertz CT molecular complexity index is 1020. The zero-order valence-corrected chi connectivity index (χ0v) is 39.1. The Labute approximate surface area is 363 Å². The van der Waals surface area contributed by atoms with Gasteiger partial charge in [-0.3, -0.25) is 13.8 Å². The van der Waals surface area contributed by atoms with Crippen LogP contribution in [0.4, 0.5) is 0 Å². The molecule has 0 radical (unpaired) electrons. The lowest BCUT2D eigenvalue weighted by Crippen LogP contribution is -2.29. The third-order valence-corrected chi connectivity index (χ3v) is 11.5. The molecule has 0 aromatic carbocycles. The summed E-state index contributed by atoms with van der Waals surface area (Å²) in [6, 6.07) is 0. The van der Waals surface area contributed by atoms with E-state index in [4.69, 9.17) is 23.6 Å². The van der Waals surface area contributed by atoms with E-state index in [1.54, 1.807) is 0 Å². The van der Waals surface area contributed by atoms with Gasteiger partial charge in [-0.1, -0.05) is 204 Å². The van der Waals surface area contributed by atoms with Crippen molar-refractivity contribution in [2.24, 2.45) is 0 Å². The van der Waals surface area contributed by atoms with Crippen LogP contribution in [0.15, 0.2) is 36.5 Å². The molecule has 0 amide bonds. The van der Waals surface area contributed by atoms with Crippen LogP contribution in [0.5, 0.6) is 0 Å². The number of allylic oxidation sites excluding steroid dienone is 6. The van der Waals surface area contributed by atoms with Crippen molar-refractivity contribution in [2.45, 2.75) is 238 Å². The lowest BCUT2D eigenvalue weighted by atomic mass is 10.0. The fraction of sp³-hybridized carbons (Fsp3) is 0.857. The number of phosphoric acid groups is 1. The molecule has 59 heavy (non-hydrogen) atoms. The highest BCUT2D eigenvalue weighted by molar-refractivity contribution is 7.47. The molecule has 3 N–H and O–H groups in total. The second-order valence-corrected chi connectivity index (χ2v) is 17.9. The molecular formula is C49H93O9P. The van der Waals surface area contributed by atoms with Crippen LogP contribution in [0.2, 0.25) is 0 Å². The predicted octanol–water partition coefficient (Wildman–Crippen LogP) is 14.0. The number of carbonyl (C=O) groups excluding carboxylic acids is 1. The number of esters is 1. The molecular weight excluding hydrogens is 764 g/mol. The first-order chi connectivity index (χ1) is 28.8. The number of hydrogen-bond acceptors (Lipinski definition) is 8. The summed E-state index contributed by atoms with van der Waals surface area (Å²) in [5.41, 5.74) is 0. The van der Waals surface area contributed by atoms with Gasteiger partial charge in [-0.05, 0) is 51.4 Å². The third-order valence-electron chi connectivity index (χ3n) is 10.6. The van der Waals surface area contributed by atoms with Crippen LogP contribution in [0.1, 0.15) is 226 Å². The standard InChI is InChI=1S/C49H93O9P/c1-3-5-7-9-11-13-15-17-19-21-22-23-24-25-26-28-30-32-34-36-38-40-42-55-45-48(46-57-59(53,54)56-44-47(51)43-50)58-49(52)41-39-37-35-33-31-29-27-20-18-16-14-12-10-8-6-4-2/h15,17,21-22,24-25,47-48,50-51H,3-14,16,18-20,23,26-46H2,1-2H3,(H,53,54)/b17-15-,22-21-,25-24-. The second-order valence-electron chi connectivity index (χ2n) is 16.5. The largest absolute Gasteiger partial charge is 0.472 e. The molecule has 0 fully saturated rings. The molecule has 0 aromatic heterocycles. The fourth-order valence-corrected chi connectivity index (χ4v) is 7.62. The molecule has 0 saturated carbocycles. The first kappa shape index (κ1) is 57.7. The van der Waals surface area contributed by atoms with E-state index in [0.717, 1.165) is 57.8 Å². The molecule has 10 heteroatoms. The van der Waals surface area contributed by atoms with E-state index in [1.165, 1.54) is 148 Å². The molecule has 0 spiro atoms. The maximum atomic E-state index is 12.7. The number of unbranched alkanes of at least 4 members (excludes halogenated alkanes) is 27. The first-order valence-electron chi connectivity index (χ1n) is 24.5. The van der Waals surface area contributed by atoms with Crippen molar-refractivity contribution in [1.82, 2.24) is 0 Å². The molecule has 9 nitrogen and oxygen atoms in total. The highest BCUT2D eigenvalue weighted by Gasteiger charge is 2.26. The van der Waals surface area contributed by atoms with Gasteiger partial charge in [0.2, 0.25) is 0 Å². The average molecular weight is 857 g/mol. The van der Waals surface area contributed by atoms with E-state index >= 15 is 0 Å². The molecule has 0 aromatic rings. The topological polar surface area (TPSA) is 132 Å². The van der Waals surface area contributed by atoms with Crippen LogP contribution in [-0.4, -0.2) is 66.3 Å². The van der Waals surface area contributed by atoms with Gasteiger partial charge in [0.25, 0.3) is 0 Å². The Morgan fingerprint density at radius 3 is 1.37 bits per heavy atom. The van der Waals surface area contributed by atoms with Gasteiger partial charge >= 0.3 is 13.8 Å². The summed E-state index contributed by atoms with van der Waals surface area (Å²) >= 11 is 0. The lowest BCUT2D eigenvalue weighted by molar-refractivity contribution is -0.154. The van der Waals surface area contributed by atoms with Gasteiger partial charge in [0.1, 0.15) is 12.2 Å². The molecule has 0 aliphatic heterocycles. The SMILES string of the molecule is CCCCCCC/C=C\C/C=C\C/C=C\CCCCCCCCCOCC(COP(=O)(O)OCC(O)CO)OC(=O)CCCCCCCCCCCCCCCCCC. The summed E-state index contributed by atoms with van der Waals surface area (Å²) in [6.07, 6.45) is 51.0. The van der Waals surface area contributed by atoms with Crippen molar-refractivity contribution in [3.8, 4) is 0 Å². The highest BCUT2D eigenvalue weighted by atomic mass is 31.2. The zero-order valence-electron chi connectivity index (χ0n) is 38.2. The van der Waals surface area contributed by atoms with Crippen LogP contribution in [0, 0.1) is 0 Å². The van der Waals surface area contributed by atoms with Gasteiger partial charge in [0.05, 0.1) is 26.4 Å². The summed E-state index contributed by atoms with van der Waals surface area (Å²) in [5.74, 6) is -0.383. The van der Waals surface area contributed by atoms with Crippen molar-refractivity contribution < 1.29 is 43.0 Å². The van der Waals surface area contributed by atoms with E-state index in [1.807, 2.05) is 0 Å². The Morgan fingerprint density at radius 2 is 0.915 bits per heavy atom. The minimum atomic E-state index is -4.52. The minimum Gasteiger partial charge on any atom is -0.457 e. The Balaban J connectivity index is 4.11. The number of aliphatic hydroxyl groups excluding tert-OH is 2. The molecule has 3 atom stereocenters. The Kier molecular flexibility index (Phi) is 45.2. The predicted molar refractivity (Wildman–Crippen MR) is 247 cm³/mol. The molecule has 0 heterocycles. The lowest BCUT2D eigenvalue weighted by Gasteiger charge is -2.20. The fourth-order valence-electron chi connectivity index (χ4n) is 6.83. The van der Waals surface area contributed by atoms with Crippen LogP contribution < -0.4 is 0 Å². The van der Waals surface area contributed by atoms with Crippen LogP contribution in [-0.2, 0) is 27.9 Å². The van der Waals surface area contributed by atoms with E-state index in [2.05, 4.69) is 50.3 Å². The van der Waals surface area contributed by atoms with Gasteiger partial charge in [0.15, 0.2) is 0 Å². The minimum absolute atomic E-state index is 0.0452. The summed E-state index contributed by atoms with van der Waals surface area (Å²) < 4.78 is 33.5. The molecule has 0 saturated heterocycles. The van der Waals surface area contributed by atoms with E-state index in [0.29, 0.717) is 6.61 Å². The summed E-state index contributed by atoms with van der Waals surface area (Å²) in [5, 5.41) is 18.4. The number of aliphatic hydroxyl groups is 2. The molecule has 3 unspecified atom stereocenters.